The zero-order chi connectivity index (χ0) is 21.1. The lowest BCUT2D eigenvalue weighted by atomic mass is 10.1. The Hall–Kier alpha value is -3.52. The van der Waals surface area contributed by atoms with Crippen molar-refractivity contribution in [3.63, 3.8) is 0 Å². The van der Waals surface area contributed by atoms with E-state index in [1.807, 2.05) is 43.3 Å². The molecule has 30 heavy (non-hydrogen) atoms. The van der Waals surface area contributed by atoms with E-state index in [2.05, 4.69) is 20.6 Å². The number of hydrogen-bond donors (Lipinski definition) is 1. The summed E-state index contributed by atoms with van der Waals surface area (Å²) < 4.78 is 5.33. The largest absolute Gasteiger partial charge is 0.332 e. The molecule has 0 radical (unpaired) electrons. The highest BCUT2D eigenvalue weighted by atomic mass is 35.5. The van der Waals surface area contributed by atoms with Crippen molar-refractivity contribution in [1.29, 1.82) is 0 Å². The minimum atomic E-state index is -0.403. The molecule has 9 heteroatoms. The third kappa shape index (κ3) is 4.23. The molecule has 0 bridgehead atoms. The second-order valence-corrected chi connectivity index (χ2v) is 7.17. The van der Waals surface area contributed by atoms with Gasteiger partial charge in [-0.05, 0) is 18.6 Å². The van der Waals surface area contributed by atoms with Gasteiger partial charge in [-0.3, -0.25) is 9.59 Å². The molecule has 1 aromatic heterocycles. The van der Waals surface area contributed by atoms with Crippen molar-refractivity contribution in [2.45, 2.75) is 19.8 Å². The number of benzene rings is 2. The monoisotopic (exact) mass is 423 g/mol. The Labute approximate surface area is 177 Å². The maximum atomic E-state index is 12.5. The van der Waals surface area contributed by atoms with Crippen LogP contribution in [0.25, 0.3) is 11.4 Å². The van der Waals surface area contributed by atoms with Gasteiger partial charge in [-0.1, -0.05) is 59.2 Å². The number of halogens is 1. The van der Waals surface area contributed by atoms with Crippen LogP contribution < -0.4 is 5.32 Å². The number of anilines is 1. The van der Waals surface area contributed by atoms with Crippen LogP contribution >= 0.6 is 11.6 Å². The average molecular weight is 424 g/mol. The Morgan fingerprint density at radius 3 is 2.73 bits per heavy atom. The number of rotatable bonds is 5. The second kappa shape index (κ2) is 8.46. The molecule has 3 aromatic rings. The van der Waals surface area contributed by atoms with Gasteiger partial charge in [0.25, 0.3) is 5.89 Å². The lowest BCUT2D eigenvalue weighted by Crippen LogP contribution is -2.38. The Morgan fingerprint density at radius 1 is 1.17 bits per heavy atom. The van der Waals surface area contributed by atoms with Crippen molar-refractivity contribution in [3.8, 4) is 11.4 Å². The molecular formula is C21H18ClN5O3. The number of aryl methyl sites for hydroxylation is 1. The number of hydrogen-bond acceptors (Lipinski definition) is 6. The number of nitrogens with one attached hydrogen (secondary N) is 1. The van der Waals surface area contributed by atoms with Crippen LogP contribution in [0.4, 0.5) is 5.69 Å². The lowest BCUT2D eigenvalue weighted by molar-refractivity contribution is -0.135. The van der Waals surface area contributed by atoms with Gasteiger partial charge in [-0.2, -0.15) is 10.1 Å². The number of aromatic nitrogens is 2. The van der Waals surface area contributed by atoms with E-state index in [9.17, 15) is 9.59 Å². The maximum Gasteiger partial charge on any atom is 0.274 e. The minimum absolute atomic E-state index is 0.195. The van der Waals surface area contributed by atoms with E-state index in [0.29, 0.717) is 28.7 Å². The number of carbonyl (C=O) groups excluding carboxylic acids is 2. The fourth-order valence-electron chi connectivity index (χ4n) is 3.03. The van der Waals surface area contributed by atoms with Crippen LogP contribution in [0, 0.1) is 6.92 Å². The molecular weight excluding hydrogens is 406 g/mol. The predicted molar refractivity (Wildman–Crippen MR) is 112 cm³/mol. The summed E-state index contributed by atoms with van der Waals surface area (Å²) in [6.45, 7) is 1.59. The SMILES string of the molecule is Cc1cccc(Cl)c1NC(=O)CN1N=C(c2nc(-c3ccccc3)no2)CCC1=O. The highest BCUT2D eigenvalue weighted by molar-refractivity contribution is 6.34. The third-order valence-electron chi connectivity index (χ3n) is 4.59. The first-order valence-electron chi connectivity index (χ1n) is 9.33. The average Bonchev–Trinajstić information content (AvgIpc) is 3.23. The Morgan fingerprint density at radius 2 is 1.97 bits per heavy atom. The van der Waals surface area contributed by atoms with E-state index in [1.54, 1.807) is 12.1 Å². The van der Waals surface area contributed by atoms with Gasteiger partial charge < -0.3 is 9.84 Å². The number of amides is 2. The summed E-state index contributed by atoms with van der Waals surface area (Å²) in [5, 5.41) is 12.5. The van der Waals surface area contributed by atoms with E-state index in [0.717, 1.165) is 16.1 Å². The van der Waals surface area contributed by atoms with Crippen LogP contribution in [0.3, 0.4) is 0 Å². The summed E-state index contributed by atoms with van der Waals surface area (Å²) in [5.74, 6) is 0.00466. The molecule has 8 nitrogen and oxygen atoms in total. The fraction of sp³-hybridized carbons (Fsp3) is 0.190. The van der Waals surface area contributed by atoms with Crippen molar-refractivity contribution in [2.24, 2.45) is 5.10 Å². The first-order chi connectivity index (χ1) is 14.5. The molecule has 1 aliphatic heterocycles. The molecule has 0 aliphatic carbocycles. The molecule has 2 amide bonds. The number of nitrogens with zero attached hydrogens (tertiary/aromatic N) is 4. The Kier molecular flexibility index (Phi) is 5.58. The normalized spacial score (nSPS) is 13.9. The van der Waals surface area contributed by atoms with Crippen LogP contribution in [0.5, 0.6) is 0 Å². The van der Waals surface area contributed by atoms with Gasteiger partial charge >= 0.3 is 0 Å². The first kappa shape index (κ1) is 19.8. The van der Waals surface area contributed by atoms with Gasteiger partial charge in [-0.25, -0.2) is 5.01 Å². The minimum Gasteiger partial charge on any atom is -0.332 e. The summed E-state index contributed by atoms with van der Waals surface area (Å²) in [5.41, 5.74) is 2.61. The maximum absolute atomic E-state index is 12.5. The molecule has 0 fully saturated rings. The number of carbonyl (C=O) groups is 2. The predicted octanol–water partition coefficient (Wildman–Crippen LogP) is 3.66. The summed E-state index contributed by atoms with van der Waals surface area (Å²) in [4.78, 5) is 29.1. The summed E-state index contributed by atoms with van der Waals surface area (Å²) in [6, 6.07) is 14.7. The number of hydrazone groups is 1. The molecule has 0 unspecified atom stereocenters. The first-order valence-corrected chi connectivity index (χ1v) is 9.71. The van der Waals surface area contributed by atoms with Crippen molar-refractivity contribution in [1.82, 2.24) is 15.1 Å². The van der Waals surface area contributed by atoms with Crippen LogP contribution in [0.15, 0.2) is 58.2 Å². The van der Waals surface area contributed by atoms with Crippen LogP contribution in [-0.4, -0.2) is 39.2 Å². The van der Waals surface area contributed by atoms with E-state index < -0.39 is 5.91 Å². The molecule has 1 N–H and O–H groups in total. The molecule has 4 rings (SSSR count). The van der Waals surface area contributed by atoms with E-state index in [4.69, 9.17) is 16.1 Å². The van der Waals surface area contributed by atoms with Crippen molar-refractivity contribution >= 4 is 34.8 Å². The molecule has 0 spiro atoms. The standard InChI is InChI=1S/C21H18ClN5O3/c1-13-6-5-9-15(22)19(13)23-17(28)12-27-18(29)11-10-16(25-27)21-24-20(26-30-21)14-7-3-2-4-8-14/h2-9H,10-12H2,1H3,(H,23,28). The topological polar surface area (TPSA) is 101 Å². The zero-order valence-corrected chi connectivity index (χ0v) is 16.9. The van der Waals surface area contributed by atoms with Gasteiger partial charge in [-0.15, -0.1) is 0 Å². The smallest absolute Gasteiger partial charge is 0.274 e. The van der Waals surface area contributed by atoms with Gasteiger partial charge in [0.2, 0.25) is 17.6 Å². The van der Waals surface area contributed by atoms with Crippen molar-refractivity contribution < 1.29 is 14.1 Å². The van der Waals surface area contributed by atoms with Gasteiger partial charge in [0, 0.05) is 18.4 Å². The van der Waals surface area contributed by atoms with E-state index in [1.165, 1.54) is 0 Å². The highest BCUT2D eigenvalue weighted by Crippen LogP contribution is 2.25. The summed E-state index contributed by atoms with van der Waals surface area (Å²) >= 11 is 6.15. The molecule has 2 heterocycles. The third-order valence-corrected chi connectivity index (χ3v) is 4.90. The van der Waals surface area contributed by atoms with Crippen LogP contribution in [-0.2, 0) is 9.59 Å². The molecule has 0 saturated carbocycles. The molecule has 0 atom stereocenters. The fourth-order valence-corrected chi connectivity index (χ4v) is 3.30. The zero-order valence-electron chi connectivity index (χ0n) is 16.1. The number of para-hydroxylation sites is 1. The second-order valence-electron chi connectivity index (χ2n) is 6.77. The van der Waals surface area contributed by atoms with Crippen molar-refractivity contribution in [2.75, 3.05) is 11.9 Å². The van der Waals surface area contributed by atoms with Crippen LogP contribution in [0.2, 0.25) is 5.02 Å². The molecule has 1 aliphatic rings. The van der Waals surface area contributed by atoms with Crippen molar-refractivity contribution in [3.05, 3.63) is 65.0 Å². The van der Waals surface area contributed by atoms with Gasteiger partial charge in [0.15, 0.2) is 0 Å². The van der Waals surface area contributed by atoms with E-state index >= 15 is 0 Å². The summed E-state index contributed by atoms with van der Waals surface area (Å²) in [6.07, 6.45) is 0.553. The van der Waals surface area contributed by atoms with Gasteiger partial charge in [0.1, 0.15) is 12.3 Å². The molecule has 2 aromatic carbocycles. The van der Waals surface area contributed by atoms with Gasteiger partial charge in [0.05, 0.1) is 10.7 Å². The quantitative estimate of drug-likeness (QED) is 0.674. The molecule has 0 saturated heterocycles. The van der Waals surface area contributed by atoms with Crippen LogP contribution in [0.1, 0.15) is 24.3 Å². The summed E-state index contributed by atoms with van der Waals surface area (Å²) in [7, 11) is 0. The Balaban J connectivity index is 1.50. The highest BCUT2D eigenvalue weighted by Gasteiger charge is 2.26. The Bertz CT molecular complexity index is 1110. The molecule has 152 valence electrons. The van der Waals surface area contributed by atoms with E-state index in [-0.39, 0.29) is 24.8 Å². The lowest BCUT2D eigenvalue weighted by Gasteiger charge is -2.22.